The van der Waals surface area contributed by atoms with Crippen molar-refractivity contribution in [3.8, 4) is 11.5 Å². The van der Waals surface area contributed by atoms with E-state index in [0.717, 1.165) is 35.6 Å². The molecule has 4 aromatic carbocycles. The number of ketones is 1. The Hall–Kier alpha value is -3.66. The van der Waals surface area contributed by atoms with Crippen LogP contribution in [0.15, 0.2) is 84.0 Å². The third-order valence-corrected chi connectivity index (χ3v) is 8.90. The van der Waals surface area contributed by atoms with Gasteiger partial charge in [-0.05, 0) is 66.7 Å². The molecule has 46 heavy (non-hydrogen) atoms. The molecule has 2 aliphatic heterocycles. The second kappa shape index (κ2) is 14.0. The first-order valence-electron chi connectivity index (χ1n) is 14.5. The highest BCUT2D eigenvalue weighted by atomic mass is 35.5. The normalized spacial score (nSPS) is 16.4. The standard InChI is InChI=1S/C34H30Cl4N4O4/c1-21(43)33-39-42(26-8-6-24(35)7-9-26)34(41(33)27-10-11-30(29(38)19-27)40-13-15-45-16-14-40)22-4-12-31(32(17-22)44-2)46-20-23-3-5-25(36)18-28(23)37/h3-12,17-19,34H,13-16,20H2,1-2H3/t34-/m0/s1. The third-order valence-electron chi connectivity index (χ3n) is 7.76. The summed E-state index contributed by atoms with van der Waals surface area (Å²) >= 11 is 25.5. The van der Waals surface area contributed by atoms with E-state index in [2.05, 4.69) is 4.90 Å². The minimum absolute atomic E-state index is 0.207. The fraction of sp³-hybridized carbons (Fsp3) is 0.235. The van der Waals surface area contributed by atoms with E-state index in [-0.39, 0.29) is 18.2 Å². The summed E-state index contributed by atoms with van der Waals surface area (Å²) in [4.78, 5) is 17.2. The Balaban J connectivity index is 1.40. The summed E-state index contributed by atoms with van der Waals surface area (Å²) in [5.41, 5.74) is 3.92. The Labute approximate surface area is 287 Å². The Morgan fingerprint density at radius 2 is 1.57 bits per heavy atom. The van der Waals surface area contributed by atoms with Crippen molar-refractivity contribution in [3.63, 3.8) is 0 Å². The van der Waals surface area contributed by atoms with Crippen LogP contribution in [0.25, 0.3) is 0 Å². The summed E-state index contributed by atoms with van der Waals surface area (Å²) in [5.74, 6) is 1.06. The van der Waals surface area contributed by atoms with Gasteiger partial charge in [0.2, 0.25) is 0 Å². The number of amidine groups is 1. The number of morpholine rings is 1. The van der Waals surface area contributed by atoms with Gasteiger partial charge >= 0.3 is 0 Å². The molecule has 6 rings (SSSR count). The van der Waals surface area contributed by atoms with Gasteiger partial charge in [-0.3, -0.25) is 9.69 Å². The molecular formula is C34H30Cl4N4O4. The van der Waals surface area contributed by atoms with Gasteiger partial charge in [0, 0.05) is 51.9 Å². The fourth-order valence-corrected chi connectivity index (χ4v) is 6.36. The number of hydrogen-bond donors (Lipinski definition) is 0. The van der Waals surface area contributed by atoms with Crippen LogP contribution in [-0.4, -0.2) is 45.0 Å². The number of halogens is 4. The van der Waals surface area contributed by atoms with Crippen LogP contribution >= 0.6 is 46.4 Å². The number of hydrazone groups is 1. The van der Waals surface area contributed by atoms with Gasteiger partial charge in [-0.2, -0.15) is 0 Å². The number of nitrogens with zero attached hydrogens (tertiary/aromatic N) is 4. The molecule has 238 valence electrons. The molecule has 4 aromatic rings. The van der Waals surface area contributed by atoms with E-state index >= 15 is 0 Å². The summed E-state index contributed by atoms with van der Waals surface area (Å²) in [6.45, 7) is 4.47. The van der Waals surface area contributed by atoms with Gasteiger partial charge in [0.25, 0.3) is 0 Å². The van der Waals surface area contributed by atoms with E-state index in [9.17, 15) is 4.79 Å². The van der Waals surface area contributed by atoms with Gasteiger partial charge in [0.05, 0.1) is 36.7 Å². The smallest absolute Gasteiger partial charge is 0.198 e. The maximum Gasteiger partial charge on any atom is 0.198 e. The van der Waals surface area contributed by atoms with Crippen LogP contribution in [0.4, 0.5) is 17.1 Å². The van der Waals surface area contributed by atoms with E-state index in [1.807, 2.05) is 59.5 Å². The molecule has 0 amide bonds. The molecule has 1 fully saturated rings. The number of hydrogen-bond acceptors (Lipinski definition) is 8. The highest BCUT2D eigenvalue weighted by molar-refractivity contribution is 6.44. The minimum atomic E-state index is -0.584. The van der Waals surface area contributed by atoms with Gasteiger partial charge in [-0.25, -0.2) is 5.01 Å². The molecule has 2 aliphatic rings. The first-order valence-corrected chi connectivity index (χ1v) is 16.0. The van der Waals surface area contributed by atoms with Crippen LogP contribution in [0.5, 0.6) is 11.5 Å². The Morgan fingerprint density at radius 3 is 2.24 bits per heavy atom. The topological polar surface area (TPSA) is 66.8 Å². The van der Waals surface area contributed by atoms with Crippen molar-refractivity contribution in [3.05, 3.63) is 110 Å². The summed E-state index contributed by atoms with van der Waals surface area (Å²) in [6, 6.07) is 24.0. The molecule has 0 unspecified atom stereocenters. The Bertz CT molecular complexity index is 1780. The SMILES string of the molecule is COc1cc([C@@H]2N(c3ccc(Cl)cc3)N=C(C(C)=O)N2c2ccc(N3CCOCC3)c(Cl)c2)ccc1OCc1ccc(Cl)cc1Cl. The molecule has 0 spiro atoms. The highest BCUT2D eigenvalue weighted by Gasteiger charge is 2.40. The Kier molecular flexibility index (Phi) is 9.82. The van der Waals surface area contributed by atoms with Crippen molar-refractivity contribution in [1.29, 1.82) is 0 Å². The molecule has 8 nitrogen and oxygen atoms in total. The molecule has 1 saturated heterocycles. The number of methoxy groups -OCH3 is 1. The van der Waals surface area contributed by atoms with Gasteiger partial charge < -0.3 is 19.1 Å². The van der Waals surface area contributed by atoms with Crippen LogP contribution in [-0.2, 0) is 16.1 Å². The monoisotopic (exact) mass is 698 g/mol. The van der Waals surface area contributed by atoms with Crippen molar-refractivity contribution in [2.75, 3.05) is 48.2 Å². The average Bonchev–Trinajstić information content (AvgIpc) is 3.46. The van der Waals surface area contributed by atoms with Crippen LogP contribution in [0.1, 0.15) is 24.2 Å². The van der Waals surface area contributed by atoms with Gasteiger partial charge in [0.15, 0.2) is 29.3 Å². The number of Topliss-reactive ketones (excluding diaryl/α,β-unsaturated/α-hetero) is 1. The van der Waals surface area contributed by atoms with Gasteiger partial charge in [-0.15, -0.1) is 5.10 Å². The zero-order chi connectivity index (χ0) is 32.4. The van der Waals surface area contributed by atoms with E-state index in [1.54, 1.807) is 36.4 Å². The lowest BCUT2D eigenvalue weighted by Gasteiger charge is -2.33. The van der Waals surface area contributed by atoms with Crippen molar-refractivity contribution in [2.24, 2.45) is 5.10 Å². The molecule has 0 aliphatic carbocycles. The van der Waals surface area contributed by atoms with E-state index in [0.29, 0.717) is 50.5 Å². The van der Waals surface area contributed by atoms with E-state index in [4.69, 9.17) is 65.7 Å². The molecule has 0 saturated carbocycles. The molecule has 0 radical (unpaired) electrons. The third kappa shape index (κ3) is 6.73. The number of rotatable bonds is 9. The zero-order valence-corrected chi connectivity index (χ0v) is 28.1. The number of carbonyl (C=O) groups excluding carboxylic acids is 1. The lowest BCUT2D eigenvalue weighted by atomic mass is 10.1. The number of carbonyl (C=O) groups is 1. The summed E-state index contributed by atoms with van der Waals surface area (Å²) < 4.78 is 17.4. The zero-order valence-electron chi connectivity index (χ0n) is 25.1. The van der Waals surface area contributed by atoms with Gasteiger partial charge in [-0.1, -0.05) is 58.5 Å². The molecule has 2 heterocycles. The maximum atomic E-state index is 13.1. The lowest BCUT2D eigenvalue weighted by Crippen LogP contribution is -2.38. The minimum Gasteiger partial charge on any atom is -0.493 e. The summed E-state index contributed by atoms with van der Waals surface area (Å²) in [5, 5.41) is 8.83. The van der Waals surface area contributed by atoms with Crippen molar-refractivity contribution in [1.82, 2.24) is 0 Å². The average molecular weight is 700 g/mol. The summed E-state index contributed by atoms with van der Waals surface area (Å²) in [7, 11) is 1.58. The molecule has 0 bridgehead atoms. The first-order chi connectivity index (χ1) is 22.2. The highest BCUT2D eigenvalue weighted by Crippen LogP contribution is 2.43. The quantitative estimate of drug-likeness (QED) is 0.173. The maximum absolute atomic E-state index is 13.1. The molecule has 1 atom stereocenters. The lowest BCUT2D eigenvalue weighted by molar-refractivity contribution is -0.111. The van der Waals surface area contributed by atoms with E-state index in [1.165, 1.54) is 6.92 Å². The Morgan fingerprint density at radius 1 is 0.848 bits per heavy atom. The predicted octanol–water partition coefficient (Wildman–Crippen LogP) is 8.65. The number of benzene rings is 4. The van der Waals surface area contributed by atoms with Crippen LogP contribution in [0.2, 0.25) is 20.1 Å². The summed E-state index contributed by atoms with van der Waals surface area (Å²) in [6.07, 6.45) is -0.584. The first kappa shape index (κ1) is 32.3. The largest absolute Gasteiger partial charge is 0.493 e. The second-order valence-electron chi connectivity index (χ2n) is 10.7. The van der Waals surface area contributed by atoms with Crippen LogP contribution in [0.3, 0.4) is 0 Å². The molecule has 0 aromatic heterocycles. The van der Waals surface area contributed by atoms with Crippen molar-refractivity contribution < 1.29 is 19.0 Å². The van der Waals surface area contributed by atoms with Gasteiger partial charge in [0.1, 0.15) is 6.61 Å². The second-order valence-corrected chi connectivity index (χ2v) is 12.4. The van der Waals surface area contributed by atoms with E-state index < -0.39 is 6.17 Å². The molecule has 12 heteroatoms. The van der Waals surface area contributed by atoms with Crippen LogP contribution in [0, 0.1) is 0 Å². The number of anilines is 3. The van der Waals surface area contributed by atoms with Crippen molar-refractivity contribution in [2.45, 2.75) is 19.7 Å². The van der Waals surface area contributed by atoms with Crippen LogP contribution < -0.4 is 24.3 Å². The predicted molar refractivity (Wildman–Crippen MR) is 186 cm³/mol. The fourth-order valence-electron chi connectivity index (χ4n) is 5.48. The van der Waals surface area contributed by atoms with Crippen molar-refractivity contribution >= 4 is 75.1 Å². The molecular weight excluding hydrogens is 670 g/mol. The molecule has 0 N–H and O–H groups in total. The number of ether oxygens (including phenoxy) is 3.